The van der Waals surface area contributed by atoms with Gasteiger partial charge in [-0.05, 0) is 30.9 Å². The molecule has 1 aliphatic carbocycles. The van der Waals surface area contributed by atoms with Crippen LogP contribution in [-0.2, 0) is 0 Å². The van der Waals surface area contributed by atoms with Crippen molar-refractivity contribution in [2.45, 2.75) is 19.3 Å². The molecule has 100 valence electrons. The molecule has 5 heteroatoms. The molecule has 1 aliphatic rings. The smallest absolute Gasteiger partial charge is 0.263 e. The normalized spacial score (nSPS) is 15.4. The first kappa shape index (κ1) is 12.8. The van der Waals surface area contributed by atoms with Crippen LogP contribution in [0.1, 0.15) is 28.9 Å². The number of carbonyl (C=O) groups excluding carboxylic acids is 1. The summed E-state index contributed by atoms with van der Waals surface area (Å²) in [6.07, 6.45) is 3.71. The summed E-state index contributed by atoms with van der Waals surface area (Å²) >= 11 is 7.54. The second kappa shape index (κ2) is 5.02. The highest BCUT2D eigenvalue weighted by atomic mass is 35.5. The molecule has 1 saturated carbocycles. The number of anilines is 1. The van der Waals surface area contributed by atoms with Crippen LogP contribution in [0.2, 0.25) is 5.02 Å². The second-order valence-electron chi connectivity index (χ2n) is 4.96. The first-order chi connectivity index (χ1) is 9.16. The van der Waals surface area contributed by atoms with Crippen LogP contribution in [0.4, 0.5) is 5.69 Å². The number of hydrogen-bond acceptors (Lipinski definition) is 3. The third-order valence-corrected chi connectivity index (χ3v) is 5.17. The Labute approximate surface area is 120 Å². The van der Waals surface area contributed by atoms with Gasteiger partial charge < -0.3 is 11.1 Å². The van der Waals surface area contributed by atoms with Gasteiger partial charge in [0.25, 0.3) is 5.91 Å². The van der Waals surface area contributed by atoms with Crippen molar-refractivity contribution in [1.82, 2.24) is 5.32 Å². The third kappa shape index (κ3) is 2.30. The standard InChI is InChI=1S/C14H15ClN2OS/c15-9-5-2-6-10-11(9)12(16)13(19-10)14(18)17-7-8-3-1-4-8/h2,5-6,8H,1,3-4,7,16H2,(H,17,18). The van der Waals surface area contributed by atoms with Crippen molar-refractivity contribution in [1.29, 1.82) is 0 Å². The summed E-state index contributed by atoms with van der Waals surface area (Å²) in [7, 11) is 0. The summed E-state index contributed by atoms with van der Waals surface area (Å²) in [6.45, 7) is 0.750. The van der Waals surface area contributed by atoms with Crippen LogP contribution in [-0.4, -0.2) is 12.5 Å². The Balaban J connectivity index is 1.85. The lowest BCUT2D eigenvalue weighted by Gasteiger charge is -2.25. The zero-order chi connectivity index (χ0) is 13.4. The average molecular weight is 295 g/mol. The van der Waals surface area contributed by atoms with E-state index in [1.807, 2.05) is 12.1 Å². The molecular formula is C14H15ClN2OS. The quantitative estimate of drug-likeness (QED) is 0.907. The lowest BCUT2D eigenvalue weighted by atomic mass is 9.85. The van der Waals surface area contributed by atoms with Crippen LogP contribution >= 0.6 is 22.9 Å². The molecule has 3 N–H and O–H groups in total. The van der Waals surface area contributed by atoms with E-state index in [0.29, 0.717) is 21.5 Å². The molecule has 19 heavy (non-hydrogen) atoms. The SMILES string of the molecule is Nc1c(C(=O)NCC2CCC2)sc2cccc(Cl)c12. The number of amides is 1. The largest absolute Gasteiger partial charge is 0.397 e. The fourth-order valence-electron chi connectivity index (χ4n) is 2.31. The summed E-state index contributed by atoms with van der Waals surface area (Å²) in [5.41, 5.74) is 6.56. The van der Waals surface area contributed by atoms with Gasteiger partial charge in [0.15, 0.2) is 0 Å². The van der Waals surface area contributed by atoms with E-state index < -0.39 is 0 Å². The molecule has 1 aromatic carbocycles. The molecule has 0 spiro atoms. The Kier molecular flexibility index (Phi) is 3.37. The minimum atomic E-state index is -0.0818. The maximum Gasteiger partial charge on any atom is 0.263 e. The summed E-state index contributed by atoms with van der Waals surface area (Å²) in [5, 5.41) is 4.37. The molecule has 0 unspecified atom stereocenters. The number of thiophene rings is 1. The molecule has 0 atom stereocenters. The number of nitrogen functional groups attached to an aromatic ring is 1. The Morgan fingerprint density at radius 2 is 2.26 bits per heavy atom. The van der Waals surface area contributed by atoms with Crippen molar-refractivity contribution in [3.05, 3.63) is 28.1 Å². The fraction of sp³-hybridized carbons (Fsp3) is 0.357. The predicted octanol–water partition coefficient (Wildman–Crippen LogP) is 3.67. The van der Waals surface area contributed by atoms with E-state index in [9.17, 15) is 4.79 Å². The number of rotatable bonds is 3. The molecule has 1 aromatic heterocycles. The number of hydrogen-bond donors (Lipinski definition) is 2. The van der Waals surface area contributed by atoms with Crippen LogP contribution in [0.15, 0.2) is 18.2 Å². The lowest BCUT2D eigenvalue weighted by molar-refractivity contribution is 0.0944. The highest BCUT2D eigenvalue weighted by molar-refractivity contribution is 7.21. The maximum atomic E-state index is 12.2. The van der Waals surface area contributed by atoms with Gasteiger partial charge in [0.2, 0.25) is 0 Å². The van der Waals surface area contributed by atoms with E-state index in [2.05, 4.69) is 5.32 Å². The van der Waals surface area contributed by atoms with Gasteiger partial charge in [0.1, 0.15) is 4.88 Å². The van der Waals surface area contributed by atoms with Gasteiger partial charge in [-0.2, -0.15) is 0 Å². The zero-order valence-electron chi connectivity index (χ0n) is 10.4. The summed E-state index contributed by atoms with van der Waals surface area (Å²) < 4.78 is 0.957. The average Bonchev–Trinajstić information content (AvgIpc) is 2.66. The molecular weight excluding hydrogens is 280 g/mol. The van der Waals surface area contributed by atoms with Crippen LogP contribution in [0.25, 0.3) is 10.1 Å². The van der Waals surface area contributed by atoms with Crippen LogP contribution in [0.5, 0.6) is 0 Å². The number of carbonyl (C=O) groups is 1. The summed E-state index contributed by atoms with van der Waals surface area (Å²) in [4.78, 5) is 12.7. The molecule has 0 aliphatic heterocycles. The monoisotopic (exact) mass is 294 g/mol. The van der Waals surface area contributed by atoms with Gasteiger partial charge in [0.05, 0.1) is 10.7 Å². The van der Waals surface area contributed by atoms with Crippen molar-refractivity contribution in [3.8, 4) is 0 Å². The Morgan fingerprint density at radius 3 is 2.89 bits per heavy atom. The van der Waals surface area contributed by atoms with E-state index in [1.54, 1.807) is 6.07 Å². The fourth-order valence-corrected chi connectivity index (χ4v) is 3.71. The molecule has 0 bridgehead atoms. The van der Waals surface area contributed by atoms with Crippen molar-refractivity contribution >= 4 is 44.6 Å². The first-order valence-corrected chi connectivity index (χ1v) is 7.61. The van der Waals surface area contributed by atoms with Crippen molar-refractivity contribution in [2.24, 2.45) is 5.92 Å². The van der Waals surface area contributed by atoms with Crippen LogP contribution in [0, 0.1) is 5.92 Å². The molecule has 3 rings (SSSR count). The van der Waals surface area contributed by atoms with Crippen LogP contribution in [0.3, 0.4) is 0 Å². The molecule has 1 amide bonds. The van der Waals surface area contributed by atoms with E-state index >= 15 is 0 Å². The molecule has 2 aromatic rings. The van der Waals surface area contributed by atoms with E-state index in [4.69, 9.17) is 17.3 Å². The van der Waals surface area contributed by atoms with Gasteiger partial charge in [-0.1, -0.05) is 24.1 Å². The summed E-state index contributed by atoms with van der Waals surface area (Å²) in [6, 6.07) is 5.60. The lowest BCUT2D eigenvalue weighted by Crippen LogP contribution is -2.32. The topological polar surface area (TPSA) is 55.1 Å². The maximum absolute atomic E-state index is 12.2. The van der Waals surface area contributed by atoms with E-state index in [-0.39, 0.29) is 5.91 Å². The minimum Gasteiger partial charge on any atom is -0.397 e. The second-order valence-corrected chi connectivity index (χ2v) is 6.42. The molecule has 0 radical (unpaired) electrons. The minimum absolute atomic E-state index is 0.0818. The van der Waals surface area contributed by atoms with Gasteiger partial charge in [0, 0.05) is 16.6 Å². The molecule has 1 heterocycles. The van der Waals surface area contributed by atoms with Crippen molar-refractivity contribution < 1.29 is 4.79 Å². The number of nitrogens with one attached hydrogen (secondary N) is 1. The first-order valence-electron chi connectivity index (χ1n) is 6.41. The van der Waals surface area contributed by atoms with Gasteiger partial charge >= 0.3 is 0 Å². The van der Waals surface area contributed by atoms with E-state index in [0.717, 1.165) is 16.6 Å². The molecule has 3 nitrogen and oxygen atoms in total. The predicted molar refractivity (Wildman–Crippen MR) is 80.9 cm³/mol. The zero-order valence-corrected chi connectivity index (χ0v) is 12.0. The van der Waals surface area contributed by atoms with E-state index in [1.165, 1.54) is 30.6 Å². The van der Waals surface area contributed by atoms with Gasteiger partial charge in [-0.3, -0.25) is 4.79 Å². The summed E-state index contributed by atoms with van der Waals surface area (Å²) in [5.74, 6) is 0.560. The Hall–Kier alpha value is -1.26. The van der Waals surface area contributed by atoms with Crippen LogP contribution < -0.4 is 11.1 Å². The number of benzene rings is 1. The number of halogens is 1. The van der Waals surface area contributed by atoms with Gasteiger partial charge in [-0.25, -0.2) is 0 Å². The third-order valence-electron chi connectivity index (χ3n) is 3.68. The molecule has 1 fully saturated rings. The Morgan fingerprint density at radius 1 is 1.47 bits per heavy atom. The molecule has 0 saturated heterocycles. The number of fused-ring (bicyclic) bond motifs is 1. The Bertz CT molecular complexity index is 634. The van der Waals surface area contributed by atoms with Crippen molar-refractivity contribution in [2.75, 3.05) is 12.3 Å². The highest BCUT2D eigenvalue weighted by Gasteiger charge is 2.21. The number of nitrogens with two attached hydrogens (primary N) is 1. The highest BCUT2D eigenvalue weighted by Crippen LogP contribution is 2.38. The van der Waals surface area contributed by atoms with Gasteiger partial charge in [-0.15, -0.1) is 11.3 Å². The van der Waals surface area contributed by atoms with Crippen molar-refractivity contribution in [3.63, 3.8) is 0 Å².